The molecule has 34 heavy (non-hydrogen) atoms. The van der Waals surface area contributed by atoms with E-state index in [-0.39, 0.29) is 54.2 Å². The largest absolute Gasteiger partial charge is 0.486 e. The molecule has 2 heterocycles. The Hall–Kier alpha value is -3.09. The van der Waals surface area contributed by atoms with Crippen molar-refractivity contribution in [2.24, 2.45) is 5.92 Å². The summed E-state index contributed by atoms with van der Waals surface area (Å²) in [4.78, 5) is 35.6. The lowest BCUT2D eigenvalue weighted by Gasteiger charge is -2.38. The van der Waals surface area contributed by atoms with Gasteiger partial charge in [-0.3, -0.25) is 14.6 Å². The number of hydrogen-bond acceptors (Lipinski definition) is 8. The van der Waals surface area contributed by atoms with Gasteiger partial charge in [0, 0.05) is 31.9 Å². The summed E-state index contributed by atoms with van der Waals surface area (Å²) in [6.45, 7) is 3.60. The van der Waals surface area contributed by atoms with Gasteiger partial charge in [0.15, 0.2) is 5.75 Å². The van der Waals surface area contributed by atoms with Crippen LogP contribution in [0, 0.1) is 5.92 Å². The Morgan fingerprint density at radius 1 is 1.38 bits per heavy atom. The third-order valence-corrected chi connectivity index (χ3v) is 7.02. The van der Waals surface area contributed by atoms with Crippen molar-refractivity contribution in [2.45, 2.75) is 26.0 Å². The lowest BCUT2D eigenvalue weighted by Crippen LogP contribution is -2.50. The van der Waals surface area contributed by atoms with Crippen LogP contribution in [0.1, 0.15) is 34.7 Å². The van der Waals surface area contributed by atoms with Crippen LogP contribution in [0.2, 0.25) is 0 Å². The molecule has 0 unspecified atom stereocenters. The van der Waals surface area contributed by atoms with Gasteiger partial charge in [0.25, 0.3) is 11.8 Å². The minimum atomic E-state index is -3.49. The summed E-state index contributed by atoms with van der Waals surface area (Å²) in [5, 5.41) is 12.4. The number of sulfonamides is 1. The van der Waals surface area contributed by atoms with Gasteiger partial charge in [-0.05, 0) is 19.1 Å². The number of anilines is 1. The van der Waals surface area contributed by atoms with Gasteiger partial charge in [0.05, 0.1) is 42.9 Å². The van der Waals surface area contributed by atoms with Gasteiger partial charge < -0.3 is 20.1 Å². The van der Waals surface area contributed by atoms with Crippen LogP contribution in [0.25, 0.3) is 0 Å². The van der Waals surface area contributed by atoms with Gasteiger partial charge >= 0.3 is 0 Å². The summed E-state index contributed by atoms with van der Waals surface area (Å²) in [6, 6.07) is 4.28. The summed E-state index contributed by atoms with van der Waals surface area (Å²) < 4.78 is 31.5. The third-order valence-electron chi connectivity index (χ3n) is 5.74. The molecule has 184 valence electrons. The van der Waals surface area contributed by atoms with E-state index in [1.54, 1.807) is 25.1 Å². The van der Waals surface area contributed by atoms with Gasteiger partial charge in [0.1, 0.15) is 11.8 Å². The Morgan fingerprint density at radius 3 is 2.74 bits per heavy atom. The Kier molecular flexibility index (Phi) is 7.85. The van der Waals surface area contributed by atoms with Crippen LogP contribution in [-0.4, -0.2) is 89.7 Å². The molecule has 1 aromatic carbocycles. The molecule has 11 nitrogen and oxygen atoms in total. The van der Waals surface area contributed by atoms with Crippen LogP contribution >= 0.6 is 0 Å². The minimum absolute atomic E-state index is 0.0292. The molecular weight excluding hydrogens is 462 g/mol. The first-order chi connectivity index (χ1) is 16.0. The second kappa shape index (κ2) is 10.5. The summed E-state index contributed by atoms with van der Waals surface area (Å²) in [6.07, 6.45) is 4.60. The molecule has 2 N–H and O–H groups in total. The van der Waals surface area contributed by atoms with Crippen LogP contribution in [-0.2, 0) is 10.0 Å². The normalized spacial score (nSPS) is 19.6. The standard InChI is InChI=1S/C22H29N5O6S/c1-14-11-27(15(2)13-28)22(30)16-6-5-7-17(25-21(29)18-10-23-8-9-24-18)20(16)33-19(14)12-26(3)34(4,31)32/h5-10,14-15,19,28H,11-13H2,1-4H3,(H,25,29)/t14-,15+,19-/m1/s1. The summed E-state index contributed by atoms with van der Waals surface area (Å²) in [5.74, 6) is -1.08. The zero-order valence-corrected chi connectivity index (χ0v) is 20.3. The highest BCUT2D eigenvalue weighted by Crippen LogP contribution is 2.35. The molecule has 0 saturated carbocycles. The molecule has 0 radical (unpaired) electrons. The first-order valence-corrected chi connectivity index (χ1v) is 12.6. The van der Waals surface area contributed by atoms with E-state index in [0.717, 1.165) is 6.26 Å². The fourth-order valence-corrected chi connectivity index (χ4v) is 3.97. The summed E-state index contributed by atoms with van der Waals surface area (Å²) in [5.41, 5.74) is 0.505. The van der Waals surface area contributed by atoms with Gasteiger partial charge in [-0.2, -0.15) is 0 Å². The van der Waals surface area contributed by atoms with E-state index in [9.17, 15) is 23.1 Å². The van der Waals surface area contributed by atoms with Crippen molar-refractivity contribution < 1.29 is 27.9 Å². The number of likely N-dealkylation sites (N-methyl/N-ethyl adjacent to an activating group) is 1. The Labute approximate surface area is 198 Å². The van der Waals surface area contributed by atoms with Crippen LogP contribution in [0.3, 0.4) is 0 Å². The Morgan fingerprint density at radius 2 is 2.12 bits per heavy atom. The SMILES string of the molecule is C[C@@H]1CN([C@@H](C)CO)C(=O)c2cccc(NC(=O)c3cnccn3)c2O[C@@H]1CN(C)S(C)(=O)=O. The number of aliphatic hydroxyl groups excluding tert-OH is 1. The number of rotatable bonds is 7. The smallest absolute Gasteiger partial charge is 0.275 e. The maximum Gasteiger partial charge on any atom is 0.275 e. The van der Waals surface area contributed by atoms with Crippen molar-refractivity contribution >= 4 is 27.5 Å². The lowest BCUT2D eigenvalue weighted by atomic mass is 9.99. The maximum absolute atomic E-state index is 13.4. The number of nitrogens with one attached hydrogen (secondary N) is 1. The summed E-state index contributed by atoms with van der Waals surface area (Å²) in [7, 11) is -2.04. The van der Waals surface area contributed by atoms with Crippen LogP contribution in [0.4, 0.5) is 5.69 Å². The molecule has 12 heteroatoms. The maximum atomic E-state index is 13.4. The molecule has 0 spiro atoms. The van der Waals surface area contributed by atoms with E-state index >= 15 is 0 Å². The number of aromatic nitrogens is 2. The summed E-state index contributed by atoms with van der Waals surface area (Å²) >= 11 is 0. The Balaban J connectivity index is 2.06. The second-order valence-electron chi connectivity index (χ2n) is 8.39. The number of nitrogens with zero attached hydrogens (tertiary/aromatic N) is 4. The molecule has 0 saturated heterocycles. The quantitative estimate of drug-likeness (QED) is 0.580. The van der Waals surface area contributed by atoms with Gasteiger partial charge in [-0.25, -0.2) is 17.7 Å². The predicted molar refractivity (Wildman–Crippen MR) is 125 cm³/mol. The molecule has 1 aliphatic heterocycles. The van der Waals surface area contributed by atoms with Crippen molar-refractivity contribution in [3.63, 3.8) is 0 Å². The fraction of sp³-hybridized carbons (Fsp3) is 0.455. The highest BCUT2D eigenvalue weighted by molar-refractivity contribution is 7.88. The lowest BCUT2D eigenvalue weighted by molar-refractivity contribution is 0.0389. The number of carbonyl (C=O) groups is 2. The monoisotopic (exact) mass is 491 g/mol. The predicted octanol–water partition coefficient (Wildman–Crippen LogP) is 0.840. The van der Waals surface area contributed by atoms with Gasteiger partial charge in [0.2, 0.25) is 10.0 Å². The topological polar surface area (TPSA) is 142 Å². The zero-order chi connectivity index (χ0) is 25.0. The molecule has 2 aromatic rings. The van der Waals surface area contributed by atoms with E-state index in [1.165, 1.54) is 34.8 Å². The average Bonchev–Trinajstić information content (AvgIpc) is 2.81. The van der Waals surface area contributed by atoms with Crippen LogP contribution in [0.15, 0.2) is 36.8 Å². The first-order valence-electron chi connectivity index (χ1n) is 10.7. The molecule has 3 rings (SSSR count). The van der Waals surface area contributed by atoms with E-state index in [0.29, 0.717) is 0 Å². The molecule has 3 atom stereocenters. The number of ether oxygens (including phenoxy) is 1. The Bertz CT molecular complexity index is 1140. The minimum Gasteiger partial charge on any atom is -0.486 e. The number of fused-ring (bicyclic) bond motifs is 1. The van der Waals surface area contributed by atoms with Crippen molar-refractivity contribution in [1.82, 2.24) is 19.2 Å². The highest BCUT2D eigenvalue weighted by atomic mass is 32.2. The third kappa shape index (κ3) is 5.69. The van der Waals surface area contributed by atoms with Crippen LogP contribution in [0.5, 0.6) is 5.75 Å². The van der Waals surface area contributed by atoms with Crippen molar-refractivity contribution in [3.05, 3.63) is 48.0 Å². The number of hydrogen-bond donors (Lipinski definition) is 2. The van der Waals surface area contributed by atoms with E-state index in [4.69, 9.17) is 4.74 Å². The highest BCUT2D eigenvalue weighted by Gasteiger charge is 2.35. The van der Waals surface area contributed by atoms with E-state index in [1.807, 2.05) is 6.92 Å². The number of aliphatic hydroxyl groups is 1. The average molecular weight is 492 g/mol. The molecule has 0 fully saturated rings. The first kappa shape index (κ1) is 25.5. The molecule has 1 aliphatic rings. The van der Waals surface area contributed by atoms with E-state index < -0.39 is 28.1 Å². The number of benzene rings is 1. The molecule has 0 aliphatic carbocycles. The molecule has 1 aromatic heterocycles. The van der Waals surface area contributed by atoms with Crippen LogP contribution < -0.4 is 10.1 Å². The number of amides is 2. The van der Waals surface area contributed by atoms with Crippen molar-refractivity contribution in [3.8, 4) is 5.75 Å². The zero-order valence-electron chi connectivity index (χ0n) is 19.5. The molecule has 0 bridgehead atoms. The molecule has 2 amide bonds. The molecular formula is C22H29N5O6S. The van der Waals surface area contributed by atoms with Gasteiger partial charge in [-0.15, -0.1) is 0 Å². The number of carbonyl (C=O) groups excluding carboxylic acids is 2. The fourth-order valence-electron chi connectivity index (χ4n) is 3.55. The second-order valence-corrected chi connectivity index (χ2v) is 10.5. The number of para-hydroxylation sites is 1. The van der Waals surface area contributed by atoms with Gasteiger partial charge in [-0.1, -0.05) is 13.0 Å². The van der Waals surface area contributed by atoms with E-state index in [2.05, 4.69) is 15.3 Å². The van der Waals surface area contributed by atoms with Crippen molar-refractivity contribution in [2.75, 3.05) is 38.3 Å². The van der Waals surface area contributed by atoms with Crippen molar-refractivity contribution in [1.29, 1.82) is 0 Å².